The number of aryl methyl sites for hydroxylation is 2. The first-order valence-corrected chi connectivity index (χ1v) is 5.45. The van der Waals surface area contributed by atoms with Crippen molar-refractivity contribution in [2.24, 2.45) is 0 Å². The van der Waals surface area contributed by atoms with Gasteiger partial charge in [0.25, 0.3) is 0 Å². The van der Waals surface area contributed by atoms with E-state index in [1.54, 1.807) is 11.3 Å². The van der Waals surface area contributed by atoms with Gasteiger partial charge in [-0.2, -0.15) is 5.26 Å². The van der Waals surface area contributed by atoms with Crippen molar-refractivity contribution in [3.05, 3.63) is 34.2 Å². The molecule has 70 valence electrons. The Morgan fingerprint density at radius 1 is 1.36 bits per heavy atom. The lowest BCUT2D eigenvalue weighted by atomic mass is 10.0. The molecule has 0 aliphatic rings. The summed E-state index contributed by atoms with van der Waals surface area (Å²) < 4.78 is 1.33. The van der Waals surface area contributed by atoms with E-state index >= 15 is 0 Å². The van der Waals surface area contributed by atoms with E-state index in [-0.39, 0.29) is 0 Å². The predicted octanol–water partition coefficient (Wildman–Crippen LogP) is 3.58. The maximum absolute atomic E-state index is 8.67. The summed E-state index contributed by atoms with van der Waals surface area (Å²) in [5, 5.41) is 12.2. The van der Waals surface area contributed by atoms with Crippen molar-refractivity contribution in [3.63, 3.8) is 0 Å². The molecule has 0 saturated heterocycles. The first-order chi connectivity index (χ1) is 6.74. The SMILES string of the molecule is Cc1csc2c(C)c(CC#N)ccc12. The van der Waals surface area contributed by atoms with Gasteiger partial charge in [0, 0.05) is 4.70 Å². The molecule has 0 unspecified atom stereocenters. The maximum Gasteiger partial charge on any atom is 0.0669 e. The van der Waals surface area contributed by atoms with Crippen molar-refractivity contribution < 1.29 is 0 Å². The van der Waals surface area contributed by atoms with E-state index in [0.29, 0.717) is 6.42 Å². The Balaban J connectivity index is 2.71. The summed E-state index contributed by atoms with van der Waals surface area (Å²) in [4.78, 5) is 0. The molecule has 0 atom stereocenters. The van der Waals surface area contributed by atoms with Gasteiger partial charge in [0.1, 0.15) is 0 Å². The Labute approximate surface area is 87.6 Å². The molecule has 0 spiro atoms. The molecule has 0 saturated carbocycles. The zero-order valence-electron chi connectivity index (χ0n) is 8.29. The lowest BCUT2D eigenvalue weighted by Crippen LogP contribution is -1.86. The topological polar surface area (TPSA) is 23.8 Å². The predicted molar refractivity (Wildman–Crippen MR) is 60.6 cm³/mol. The Bertz CT molecular complexity index is 517. The third-order valence-corrected chi connectivity index (χ3v) is 3.80. The van der Waals surface area contributed by atoms with Gasteiger partial charge in [-0.1, -0.05) is 12.1 Å². The smallest absolute Gasteiger partial charge is 0.0669 e. The van der Waals surface area contributed by atoms with Crippen LogP contribution in [0.1, 0.15) is 16.7 Å². The number of rotatable bonds is 1. The number of nitriles is 1. The van der Waals surface area contributed by atoms with Crippen LogP contribution < -0.4 is 0 Å². The zero-order valence-corrected chi connectivity index (χ0v) is 9.11. The van der Waals surface area contributed by atoms with Gasteiger partial charge in [0.15, 0.2) is 0 Å². The summed E-state index contributed by atoms with van der Waals surface area (Å²) in [6.07, 6.45) is 0.513. The first-order valence-electron chi connectivity index (χ1n) is 4.57. The molecule has 0 bridgehead atoms. The highest BCUT2D eigenvalue weighted by Crippen LogP contribution is 2.30. The highest BCUT2D eigenvalue weighted by molar-refractivity contribution is 7.17. The van der Waals surface area contributed by atoms with E-state index in [4.69, 9.17) is 5.26 Å². The Kier molecular flexibility index (Phi) is 2.26. The van der Waals surface area contributed by atoms with Gasteiger partial charge >= 0.3 is 0 Å². The monoisotopic (exact) mass is 201 g/mol. The molecule has 1 aromatic carbocycles. The molecule has 1 aromatic heterocycles. The quantitative estimate of drug-likeness (QED) is 0.691. The molecule has 2 rings (SSSR count). The number of fused-ring (bicyclic) bond motifs is 1. The fourth-order valence-corrected chi connectivity index (χ4v) is 2.77. The van der Waals surface area contributed by atoms with Crippen LogP contribution in [-0.2, 0) is 6.42 Å². The molecule has 1 nitrogen and oxygen atoms in total. The van der Waals surface area contributed by atoms with Crippen LogP contribution in [0.25, 0.3) is 10.1 Å². The van der Waals surface area contributed by atoms with Gasteiger partial charge in [0.05, 0.1) is 12.5 Å². The molecule has 0 radical (unpaired) electrons. The third kappa shape index (κ3) is 1.30. The van der Waals surface area contributed by atoms with Gasteiger partial charge in [-0.25, -0.2) is 0 Å². The second kappa shape index (κ2) is 3.43. The standard InChI is InChI=1S/C12H11NS/c1-8-7-14-12-9(2)10(5-6-13)3-4-11(8)12/h3-4,7H,5H2,1-2H3. The maximum atomic E-state index is 8.67. The van der Waals surface area contributed by atoms with Crippen LogP contribution in [0.4, 0.5) is 0 Å². The summed E-state index contributed by atoms with van der Waals surface area (Å²) in [6.45, 7) is 4.23. The molecule has 0 N–H and O–H groups in total. The van der Waals surface area contributed by atoms with E-state index in [9.17, 15) is 0 Å². The van der Waals surface area contributed by atoms with Gasteiger partial charge in [-0.3, -0.25) is 0 Å². The van der Waals surface area contributed by atoms with Crippen molar-refractivity contribution >= 4 is 21.4 Å². The fourth-order valence-electron chi connectivity index (χ4n) is 1.68. The van der Waals surface area contributed by atoms with Crippen molar-refractivity contribution in [2.45, 2.75) is 20.3 Å². The third-order valence-electron chi connectivity index (χ3n) is 2.57. The molecule has 14 heavy (non-hydrogen) atoms. The Hall–Kier alpha value is -1.33. The molecule has 2 heteroatoms. The second-order valence-corrected chi connectivity index (χ2v) is 4.36. The molecule has 2 aromatic rings. The van der Waals surface area contributed by atoms with Gasteiger partial charge in [-0.15, -0.1) is 11.3 Å². The van der Waals surface area contributed by atoms with Crippen molar-refractivity contribution in [2.75, 3.05) is 0 Å². The second-order valence-electron chi connectivity index (χ2n) is 3.48. The van der Waals surface area contributed by atoms with E-state index < -0.39 is 0 Å². The summed E-state index contributed by atoms with van der Waals surface area (Å²) in [5.74, 6) is 0. The number of nitrogens with zero attached hydrogens (tertiary/aromatic N) is 1. The normalized spacial score (nSPS) is 10.4. The fraction of sp³-hybridized carbons (Fsp3) is 0.250. The van der Waals surface area contributed by atoms with Crippen LogP contribution in [-0.4, -0.2) is 0 Å². The summed E-state index contributed by atoms with van der Waals surface area (Å²) in [5.41, 5.74) is 3.75. The number of benzene rings is 1. The average molecular weight is 201 g/mol. The van der Waals surface area contributed by atoms with Crippen molar-refractivity contribution in [1.82, 2.24) is 0 Å². The van der Waals surface area contributed by atoms with E-state index in [2.05, 4.69) is 37.4 Å². The van der Waals surface area contributed by atoms with Crippen molar-refractivity contribution in [3.8, 4) is 6.07 Å². The minimum atomic E-state index is 0.513. The van der Waals surface area contributed by atoms with Gasteiger partial charge < -0.3 is 0 Å². The van der Waals surface area contributed by atoms with E-state index in [0.717, 1.165) is 5.56 Å². The molecule has 0 aliphatic heterocycles. The summed E-state index contributed by atoms with van der Waals surface area (Å²) >= 11 is 1.77. The van der Waals surface area contributed by atoms with Crippen LogP contribution >= 0.6 is 11.3 Å². The molecule has 0 aliphatic carbocycles. The van der Waals surface area contributed by atoms with Crippen LogP contribution in [0.5, 0.6) is 0 Å². The summed E-state index contributed by atoms with van der Waals surface area (Å²) in [6, 6.07) is 6.40. The van der Waals surface area contributed by atoms with Crippen LogP contribution in [0.15, 0.2) is 17.5 Å². The number of hydrogen-bond acceptors (Lipinski definition) is 2. The molecule has 1 heterocycles. The lowest BCUT2D eigenvalue weighted by molar-refractivity contribution is 1.23. The van der Waals surface area contributed by atoms with E-state index in [1.807, 2.05) is 0 Å². The van der Waals surface area contributed by atoms with Crippen LogP contribution in [0.3, 0.4) is 0 Å². The van der Waals surface area contributed by atoms with Crippen LogP contribution in [0, 0.1) is 25.2 Å². The Morgan fingerprint density at radius 2 is 2.14 bits per heavy atom. The lowest BCUT2D eigenvalue weighted by Gasteiger charge is -2.02. The largest absolute Gasteiger partial charge is 0.198 e. The molecular formula is C12H11NS. The minimum absolute atomic E-state index is 0.513. The van der Waals surface area contributed by atoms with Gasteiger partial charge in [-0.05, 0) is 41.3 Å². The number of hydrogen-bond donors (Lipinski definition) is 0. The van der Waals surface area contributed by atoms with E-state index in [1.165, 1.54) is 21.2 Å². The first kappa shape index (κ1) is 9.23. The summed E-state index contributed by atoms with van der Waals surface area (Å²) in [7, 11) is 0. The van der Waals surface area contributed by atoms with Gasteiger partial charge in [0.2, 0.25) is 0 Å². The van der Waals surface area contributed by atoms with Crippen molar-refractivity contribution in [1.29, 1.82) is 5.26 Å². The molecule has 0 fully saturated rings. The molecular weight excluding hydrogens is 190 g/mol. The zero-order chi connectivity index (χ0) is 10.1. The average Bonchev–Trinajstić information content (AvgIpc) is 2.54. The highest BCUT2D eigenvalue weighted by Gasteiger charge is 2.06. The number of thiophene rings is 1. The Morgan fingerprint density at radius 3 is 2.86 bits per heavy atom. The highest BCUT2D eigenvalue weighted by atomic mass is 32.1. The minimum Gasteiger partial charge on any atom is -0.198 e. The molecule has 0 amide bonds. The van der Waals surface area contributed by atoms with Crippen LogP contribution in [0.2, 0.25) is 0 Å².